The first-order chi connectivity index (χ1) is 14.0. The summed E-state index contributed by atoms with van der Waals surface area (Å²) in [7, 11) is 0. The Hall–Kier alpha value is -3.35. The molecule has 1 amide bonds. The Balaban J connectivity index is 1.97. The number of pyridine rings is 1. The van der Waals surface area contributed by atoms with Crippen LogP contribution >= 0.6 is 11.6 Å². The standard InChI is InChI=1S/C22H19ClN4O2/c1-14-5-7-17(8-6-14)27-19-12-20(22(29)25-24)26(18(19)9-10-21(27)28)13-15-3-2-4-16(23)11-15/h2-12H,13,24H2,1H3,(H,25,29). The van der Waals surface area contributed by atoms with E-state index in [1.54, 1.807) is 22.8 Å². The number of nitrogens with zero attached hydrogens (tertiary/aromatic N) is 2. The van der Waals surface area contributed by atoms with Crippen molar-refractivity contribution in [2.75, 3.05) is 0 Å². The van der Waals surface area contributed by atoms with Crippen molar-refractivity contribution in [1.29, 1.82) is 0 Å². The van der Waals surface area contributed by atoms with Gasteiger partial charge in [-0.2, -0.15) is 0 Å². The SMILES string of the molecule is Cc1ccc(-n2c(=O)ccc3c2cc(C(=O)NN)n3Cc2cccc(Cl)c2)cc1. The lowest BCUT2D eigenvalue weighted by molar-refractivity contribution is 0.0945. The predicted octanol–water partition coefficient (Wildman–Crippen LogP) is 3.41. The van der Waals surface area contributed by atoms with Gasteiger partial charge in [0.05, 0.1) is 11.0 Å². The number of amides is 1. The molecule has 0 aliphatic rings. The Bertz CT molecular complexity index is 1270. The van der Waals surface area contributed by atoms with Crippen LogP contribution in [0.5, 0.6) is 0 Å². The Morgan fingerprint density at radius 1 is 1.03 bits per heavy atom. The molecule has 0 aliphatic heterocycles. The quantitative estimate of drug-likeness (QED) is 0.309. The van der Waals surface area contributed by atoms with Crippen molar-refractivity contribution in [3.63, 3.8) is 0 Å². The molecule has 0 bridgehead atoms. The van der Waals surface area contributed by atoms with E-state index in [0.29, 0.717) is 22.8 Å². The number of hydrogen-bond acceptors (Lipinski definition) is 3. The van der Waals surface area contributed by atoms with E-state index in [-0.39, 0.29) is 5.56 Å². The lowest BCUT2D eigenvalue weighted by atomic mass is 10.2. The summed E-state index contributed by atoms with van der Waals surface area (Å²) in [6.45, 7) is 2.39. The Morgan fingerprint density at radius 2 is 1.79 bits per heavy atom. The van der Waals surface area contributed by atoms with Crippen LogP contribution in [0.1, 0.15) is 21.6 Å². The zero-order valence-corrected chi connectivity index (χ0v) is 16.5. The Kier molecular flexibility index (Phi) is 4.96. The van der Waals surface area contributed by atoms with Crippen LogP contribution in [0.15, 0.2) is 71.5 Å². The summed E-state index contributed by atoms with van der Waals surface area (Å²) in [5, 5.41) is 0.611. The van der Waals surface area contributed by atoms with Crippen LogP contribution in [-0.2, 0) is 6.54 Å². The fourth-order valence-corrected chi connectivity index (χ4v) is 3.67. The fourth-order valence-electron chi connectivity index (χ4n) is 3.46. The number of aromatic nitrogens is 2. The summed E-state index contributed by atoms with van der Waals surface area (Å²) in [4.78, 5) is 25.2. The zero-order chi connectivity index (χ0) is 20.5. The van der Waals surface area contributed by atoms with Crippen molar-refractivity contribution >= 4 is 28.5 Å². The lowest BCUT2D eigenvalue weighted by Gasteiger charge is -2.12. The molecule has 0 unspecified atom stereocenters. The van der Waals surface area contributed by atoms with Crippen LogP contribution in [0, 0.1) is 6.92 Å². The number of nitrogens with two attached hydrogens (primary N) is 1. The normalized spacial score (nSPS) is 11.0. The second kappa shape index (κ2) is 7.58. The predicted molar refractivity (Wildman–Crippen MR) is 114 cm³/mol. The summed E-state index contributed by atoms with van der Waals surface area (Å²) in [6, 6.07) is 20.0. The lowest BCUT2D eigenvalue weighted by Crippen LogP contribution is -2.31. The maximum absolute atomic E-state index is 12.7. The summed E-state index contributed by atoms with van der Waals surface area (Å²) < 4.78 is 3.42. The topological polar surface area (TPSA) is 82.1 Å². The first kappa shape index (κ1) is 19.0. The molecule has 6 nitrogen and oxygen atoms in total. The van der Waals surface area contributed by atoms with Crippen LogP contribution in [-0.4, -0.2) is 15.0 Å². The van der Waals surface area contributed by atoms with Crippen molar-refractivity contribution in [3.8, 4) is 5.69 Å². The highest BCUT2D eigenvalue weighted by molar-refractivity contribution is 6.30. The Labute approximate surface area is 172 Å². The smallest absolute Gasteiger partial charge is 0.281 e. The van der Waals surface area contributed by atoms with Crippen molar-refractivity contribution in [3.05, 3.63) is 98.9 Å². The van der Waals surface area contributed by atoms with Gasteiger partial charge in [-0.15, -0.1) is 0 Å². The molecule has 0 atom stereocenters. The molecular weight excluding hydrogens is 388 g/mol. The minimum Gasteiger partial charge on any atom is -0.331 e. The third kappa shape index (κ3) is 3.55. The highest BCUT2D eigenvalue weighted by Gasteiger charge is 2.18. The van der Waals surface area contributed by atoms with Gasteiger partial charge in [0, 0.05) is 23.3 Å². The number of carbonyl (C=O) groups is 1. The number of fused-ring (bicyclic) bond motifs is 1. The summed E-state index contributed by atoms with van der Waals surface area (Å²) >= 11 is 6.12. The van der Waals surface area contributed by atoms with Gasteiger partial charge in [-0.25, -0.2) is 5.84 Å². The molecule has 7 heteroatoms. The average Bonchev–Trinajstić information content (AvgIpc) is 3.06. The third-order valence-electron chi connectivity index (χ3n) is 4.85. The minimum atomic E-state index is -0.439. The molecule has 0 saturated heterocycles. The van der Waals surface area contributed by atoms with E-state index in [1.165, 1.54) is 6.07 Å². The molecule has 0 saturated carbocycles. The maximum atomic E-state index is 12.7. The molecule has 2 heterocycles. The van der Waals surface area contributed by atoms with Crippen molar-refractivity contribution in [2.45, 2.75) is 13.5 Å². The van der Waals surface area contributed by atoms with Gasteiger partial charge in [0.1, 0.15) is 5.69 Å². The van der Waals surface area contributed by atoms with Gasteiger partial charge in [-0.05, 0) is 48.9 Å². The number of aryl methyl sites for hydroxylation is 1. The number of benzene rings is 2. The largest absolute Gasteiger partial charge is 0.331 e. The molecule has 4 rings (SSSR count). The van der Waals surface area contributed by atoms with E-state index in [9.17, 15) is 9.59 Å². The van der Waals surface area contributed by atoms with E-state index in [2.05, 4.69) is 5.43 Å². The fraction of sp³-hybridized carbons (Fsp3) is 0.0909. The summed E-state index contributed by atoms with van der Waals surface area (Å²) in [5.41, 5.74) is 6.48. The molecule has 0 radical (unpaired) electrons. The molecule has 29 heavy (non-hydrogen) atoms. The molecule has 3 N–H and O–H groups in total. The maximum Gasteiger partial charge on any atom is 0.281 e. The number of rotatable bonds is 4. The van der Waals surface area contributed by atoms with Gasteiger partial charge in [0.2, 0.25) is 0 Å². The number of halogens is 1. The highest BCUT2D eigenvalue weighted by atomic mass is 35.5. The number of nitrogens with one attached hydrogen (secondary N) is 1. The van der Waals surface area contributed by atoms with Gasteiger partial charge in [0.15, 0.2) is 0 Å². The zero-order valence-electron chi connectivity index (χ0n) is 15.7. The minimum absolute atomic E-state index is 0.180. The molecule has 2 aromatic heterocycles. The van der Waals surface area contributed by atoms with E-state index in [0.717, 1.165) is 22.3 Å². The van der Waals surface area contributed by atoms with Crippen LogP contribution in [0.25, 0.3) is 16.7 Å². The second-order valence-corrected chi connectivity index (χ2v) is 7.27. The molecule has 4 aromatic rings. The van der Waals surface area contributed by atoms with Crippen LogP contribution in [0.4, 0.5) is 0 Å². The molecular formula is C22H19ClN4O2. The number of hydrazine groups is 1. The molecule has 0 spiro atoms. The summed E-state index contributed by atoms with van der Waals surface area (Å²) in [6.07, 6.45) is 0. The highest BCUT2D eigenvalue weighted by Crippen LogP contribution is 2.24. The van der Waals surface area contributed by atoms with E-state index in [4.69, 9.17) is 17.4 Å². The van der Waals surface area contributed by atoms with Crippen molar-refractivity contribution in [2.24, 2.45) is 5.84 Å². The summed E-state index contributed by atoms with van der Waals surface area (Å²) in [5.74, 6) is 4.97. The molecule has 0 fully saturated rings. The van der Waals surface area contributed by atoms with Crippen molar-refractivity contribution in [1.82, 2.24) is 14.6 Å². The van der Waals surface area contributed by atoms with E-state index < -0.39 is 5.91 Å². The number of nitrogen functional groups attached to an aromatic ring is 1. The average molecular weight is 407 g/mol. The third-order valence-corrected chi connectivity index (χ3v) is 5.08. The van der Waals surface area contributed by atoms with Gasteiger partial charge in [-0.1, -0.05) is 41.4 Å². The van der Waals surface area contributed by atoms with Gasteiger partial charge >= 0.3 is 0 Å². The van der Waals surface area contributed by atoms with E-state index >= 15 is 0 Å². The molecule has 146 valence electrons. The first-order valence-corrected chi connectivity index (χ1v) is 9.43. The Morgan fingerprint density at radius 3 is 2.48 bits per heavy atom. The second-order valence-electron chi connectivity index (χ2n) is 6.83. The molecule has 0 aliphatic carbocycles. The van der Waals surface area contributed by atoms with Crippen LogP contribution in [0.3, 0.4) is 0 Å². The van der Waals surface area contributed by atoms with E-state index in [1.807, 2.05) is 54.0 Å². The number of hydrogen-bond donors (Lipinski definition) is 2. The molecule has 2 aromatic carbocycles. The van der Waals surface area contributed by atoms with Gasteiger partial charge in [-0.3, -0.25) is 19.6 Å². The van der Waals surface area contributed by atoms with Crippen LogP contribution < -0.4 is 16.8 Å². The van der Waals surface area contributed by atoms with Gasteiger partial charge in [0.25, 0.3) is 11.5 Å². The monoisotopic (exact) mass is 406 g/mol. The number of carbonyl (C=O) groups excluding carboxylic acids is 1. The van der Waals surface area contributed by atoms with Gasteiger partial charge < -0.3 is 4.57 Å². The van der Waals surface area contributed by atoms with Crippen molar-refractivity contribution < 1.29 is 4.79 Å². The first-order valence-electron chi connectivity index (χ1n) is 9.05. The van der Waals surface area contributed by atoms with Crippen LogP contribution in [0.2, 0.25) is 5.02 Å².